The Morgan fingerprint density at radius 1 is 1.15 bits per heavy atom. The smallest absolute Gasteiger partial charge is 0.417 e. The number of amides is 1. The van der Waals surface area contributed by atoms with Gasteiger partial charge in [-0.25, -0.2) is 0 Å². The van der Waals surface area contributed by atoms with E-state index in [1.54, 1.807) is 0 Å². The Kier molecular flexibility index (Phi) is 5.53. The Morgan fingerprint density at radius 2 is 1.93 bits per heavy atom. The first-order valence-corrected chi connectivity index (χ1v) is 8.62. The molecule has 1 aliphatic rings. The normalized spacial score (nSPS) is 13.3. The van der Waals surface area contributed by atoms with Gasteiger partial charge in [-0.1, -0.05) is 6.07 Å². The number of halogens is 3. The van der Waals surface area contributed by atoms with Crippen LogP contribution in [0.2, 0.25) is 0 Å². The number of ether oxygens (including phenoxy) is 1. The average Bonchev–Trinajstić information content (AvgIpc) is 3.07. The summed E-state index contributed by atoms with van der Waals surface area (Å²) in [6, 6.07) is 7.41. The Bertz CT molecular complexity index is 890. The van der Waals surface area contributed by atoms with Crippen molar-refractivity contribution in [3.63, 3.8) is 0 Å². The van der Waals surface area contributed by atoms with Crippen LogP contribution in [-0.2, 0) is 30.4 Å². The van der Waals surface area contributed by atoms with Crippen LogP contribution in [0, 0.1) is 0 Å². The largest absolute Gasteiger partial charge is 0.492 e. The molecule has 1 aromatic heterocycles. The molecule has 5 nitrogen and oxygen atoms in total. The summed E-state index contributed by atoms with van der Waals surface area (Å²) in [6.07, 6.45) is -0.669. The summed E-state index contributed by atoms with van der Waals surface area (Å²) in [5.41, 5.74) is 0.963. The van der Waals surface area contributed by atoms with Crippen LogP contribution in [-0.4, -0.2) is 23.6 Å². The zero-order valence-corrected chi connectivity index (χ0v) is 14.5. The lowest BCUT2D eigenvalue weighted by Crippen LogP contribution is -2.34. The van der Waals surface area contributed by atoms with Crippen molar-refractivity contribution in [2.75, 3.05) is 13.2 Å². The van der Waals surface area contributed by atoms with Gasteiger partial charge in [0.05, 0.1) is 12.1 Å². The number of pyridine rings is 1. The highest BCUT2D eigenvalue weighted by atomic mass is 19.4. The minimum absolute atomic E-state index is 0.184. The molecule has 27 heavy (non-hydrogen) atoms. The van der Waals surface area contributed by atoms with Gasteiger partial charge < -0.3 is 14.6 Å². The predicted molar refractivity (Wildman–Crippen MR) is 92.7 cm³/mol. The topological polar surface area (TPSA) is 60.3 Å². The van der Waals surface area contributed by atoms with Crippen LogP contribution in [0.3, 0.4) is 0 Å². The maximum atomic E-state index is 12.7. The molecule has 1 aliphatic carbocycles. The minimum atomic E-state index is -4.57. The molecule has 0 radical (unpaired) electrons. The third kappa shape index (κ3) is 4.90. The fourth-order valence-corrected chi connectivity index (χ4v) is 3.03. The molecule has 0 spiro atoms. The summed E-state index contributed by atoms with van der Waals surface area (Å²) < 4.78 is 44.4. The molecule has 0 atom stereocenters. The SMILES string of the molecule is O=C(Cn1cc(C(F)(F)F)ccc1=O)NCCOc1ccc2c(c1)CCC2. The number of aryl methyl sites for hydroxylation is 2. The van der Waals surface area contributed by atoms with E-state index in [1.165, 1.54) is 11.1 Å². The molecular weight excluding hydrogens is 361 g/mol. The van der Waals surface area contributed by atoms with Crippen molar-refractivity contribution in [3.8, 4) is 5.75 Å². The molecule has 3 rings (SSSR count). The maximum Gasteiger partial charge on any atom is 0.417 e. The highest BCUT2D eigenvalue weighted by Crippen LogP contribution is 2.28. The van der Waals surface area contributed by atoms with E-state index in [0.717, 1.165) is 35.6 Å². The summed E-state index contributed by atoms with van der Waals surface area (Å²) in [5, 5.41) is 2.53. The number of rotatable bonds is 6. The van der Waals surface area contributed by atoms with Crippen molar-refractivity contribution >= 4 is 5.91 Å². The first kappa shape index (κ1) is 19.0. The molecule has 0 saturated heterocycles. The molecular formula is C19H19F3N2O3. The van der Waals surface area contributed by atoms with Gasteiger partial charge in [-0.15, -0.1) is 0 Å². The Balaban J connectivity index is 1.48. The molecule has 8 heteroatoms. The van der Waals surface area contributed by atoms with Crippen LogP contribution in [0.4, 0.5) is 13.2 Å². The first-order chi connectivity index (χ1) is 12.8. The monoisotopic (exact) mass is 380 g/mol. The Labute approximate surface area is 153 Å². The third-order valence-electron chi connectivity index (χ3n) is 4.39. The van der Waals surface area contributed by atoms with Crippen molar-refractivity contribution in [1.29, 1.82) is 0 Å². The number of aromatic nitrogens is 1. The summed E-state index contributed by atoms with van der Waals surface area (Å²) in [4.78, 5) is 23.5. The second kappa shape index (κ2) is 7.85. The number of nitrogens with one attached hydrogen (secondary N) is 1. The summed E-state index contributed by atoms with van der Waals surface area (Å²) in [7, 11) is 0. The number of nitrogens with zero attached hydrogens (tertiary/aromatic N) is 1. The van der Waals surface area contributed by atoms with Crippen LogP contribution in [0.5, 0.6) is 5.75 Å². The van der Waals surface area contributed by atoms with Gasteiger partial charge in [-0.2, -0.15) is 13.2 Å². The summed E-state index contributed by atoms with van der Waals surface area (Å²) in [6.45, 7) is -0.0761. The fourth-order valence-electron chi connectivity index (χ4n) is 3.03. The predicted octanol–water partition coefficient (Wildman–Crippen LogP) is 2.55. The minimum Gasteiger partial charge on any atom is -0.492 e. The molecule has 1 aromatic carbocycles. The van der Waals surface area contributed by atoms with E-state index in [9.17, 15) is 22.8 Å². The van der Waals surface area contributed by atoms with Crippen molar-refractivity contribution in [2.24, 2.45) is 0 Å². The molecule has 0 aliphatic heterocycles. The lowest BCUT2D eigenvalue weighted by molar-refractivity contribution is -0.138. The van der Waals surface area contributed by atoms with E-state index < -0.39 is 29.8 Å². The van der Waals surface area contributed by atoms with Crippen molar-refractivity contribution in [2.45, 2.75) is 32.0 Å². The average molecular weight is 380 g/mol. The van der Waals surface area contributed by atoms with Gasteiger partial charge in [0.1, 0.15) is 18.9 Å². The maximum absolute atomic E-state index is 12.7. The van der Waals surface area contributed by atoms with Gasteiger partial charge in [-0.3, -0.25) is 9.59 Å². The number of benzene rings is 1. The van der Waals surface area contributed by atoms with E-state index >= 15 is 0 Å². The van der Waals surface area contributed by atoms with Crippen LogP contribution in [0.15, 0.2) is 41.3 Å². The molecule has 1 amide bonds. The van der Waals surface area contributed by atoms with E-state index in [4.69, 9.17) is 4.74 Å². The fraction of sp³-hybridized carbons (Fsp3) is 0.368. The van der Waals surface area contributed by atoms with E-state index in [2.05, 4.69) is 5.32 Å². The van der Waals surface area contributed by atoms with Crippen molar-refractivity contribution < 1.29 is 22.7 Å². The molecule has 0 fully saturated rings. The third-order valence-corrected chi connectivity index (χ3v) is 4.39. The molecule has 0 unspecified atom stereocenters. The molecule has 1 heterocycles. The van der Waals surface area contributed by atoms with Gasteiger partial charge in [0.15, 0.2) is 0 Å². The lowest BCUT2D eigenvalue weighted by Gasteiger charge is -2.11. The zero-order valence-electron chi connectivity index (χ0n) is 14.5. The number of fused-ring (bicyclic) bond motifs is 1. The van der Waals surface area contributed by atoms with E-state index in [1.807, 2.05) is 18.2 Å². The number of carbonyl (C=O) groups is 1. The lowest BCUT2D eigenvalue weighted by atomic mass is 10.1. The number of carbonyl (C=O) groups excluding carboxylic acids is 1. The first-order valence-electron chi connectivity index (χ1n) is 8.62. The molecule has 144 valence electrons. The number of hydrogen-bond acceptors (Lipinski definition) is 3. The van der Waals surface area contributed by atoms with Gasteiger partial charge in [0.25, 0.3) is 5.56 Å². The van der Waals surface area contributed by atoms with Crippen LogP contribution < -0.4 is 15.6 Å². The quantitative estimate of drug-likeness (QED) is 0.784. The van der Waals surface area contributed by atoms with Crippen molar-refractivity contribution in [3.05, 3.63) is 63.6 Å². The van der Waals surface area contributed by atoms with Crippen LogP contribution >= 0.6 is 0 Å². The van der Waals surface area contributed by atoms with E-state index in [-0.39, 0.29) is 13.2 Å². The zero-order chi connectivity index (χ0) is 19.4. The van der Waals surface area contributed by atoms with Crippen LogP contribution in [0.25, 0.3) is 0 Å². The second-order valence-corrected chi connectivity index (χ2v) is 6.36. The van der Waals surface area contributed by atoms with E-state index in [0.29, 0.717) is 12.3 Å². The standard InChI is InChI=1S/C19H19F3N2O3/c20-19(21,22)15-5-7-18(26)24(11-15)12-17(25)23-8-9-27-16-6-4-13-2-1-3-14(13)10-16/h4-7,10-11H,1-3,8-9,12H2,(H,23,25). The number of hydrogen-bond donors (Lipinski definition) is 1. The van der Waals surface area contributed by atoms with Gasteiger partial charge in [0.2, 0.25) is 5.91 Å². The highest BCUT2D eigenvalue weighted by molar-refractivity contribution is 5.75. The number of alkyl halides is 3. The Morgan fingerprint density at radius 3 is 2.70 bits per heavy atom. The van der Waals surface area contributed by atoms with Gasteiger partial charge in [-0.05, 0) is 48.6 Å². The van der Waals surface area contributed by atoms with Crippen molar-refractivity contribution in [1.82, 2.24) is 9.88 Å². The molecule has 0 saturated carbocycles. The highest BCUT2D eigenvalue weighted by Gasteiger charge is 2.31. The Hall–Kier alpha value is -2.77. The van der Waals surface area contributed by atoms with Gasteiger partial charge in [0, 0.05) is 12.3 Å². The molecule has 2 aromatic rings. The van der Waals surface area contributed by atoms with Crippen LogP contribution in [0.1, 0.15) is 23.1 Å². The molecule has 0 bridgehead atoms. The summed E-state index contributed by atoms with van der Waals surface area (Å²) >= 11 is 0. The second-order valence-electron chi connectivity index (χ2n) is 6.36. The molecule has 1 N–H and O–H groups in total. The summed E-state index contributed by atoms with van der Waals surface area (Å²) in [5.74, 6) is 0.160. The van der Waals surface area contributed by atoms with Gasteiger partial charge >= 0.3 is 6.18 Å².